The van der Waals surface area contributed by atoms with Crippen molar-refractivity contribution in [2.24, 2.45) is 17.6 Å². The average Bonchev–Trinajstić information content (AvgIpc) is 2.76. The fourth-order valence-corrected chi connectivity index (χ4v) is 2.66. The third-order valence-corrected chi connectivity index (χ3v) is 5.07. The van der Waals surface area contributed by atoms with Crippen LogP contribution in [0, 0.1) is 11.8 Å². The number of carboxylic acids is 1. The first kappa shape index (κ1) is 30.8. The zero-order valence-electron chi connectivity index (χ0n) is 20.6. The molecule has 0 aliphatic heterocycles. The van der Waals surface area contributed by atoms with Gasteiger partial charge in [0.2, 0.25) is 29.5 Å². The van der Waals surface area contributed by atoms with Crippen molar-refractivity contribution in [3.8, 4) is 0 Å². The maximum atomic E-state index is 12.6. The quantitative estimate of drug-likeness (QED) is 0.143. The molecule has 0 aromatic rings. The molecule has 0 aromatic carbocycles. The number of aliphatic carboxylic acids is 1. The van der Waals surface area contributed by atoms with Crippen molar-refractivity contribution in [3.63, 3.8) is 0 Å². The highest BCUT2D eigenvalue weighted by molar-refractivity contribution is 5.94. The van der Waals surface area contributed by atoms with Crippen LogP contribution in [-0.4, -0.2) is 77.9 Å². The summed E-state index contributed by atoms with van der Waals surface area (Å²) in [5.41, 5.74) is 5.51. The van der Waals surface area contributed by atoms with E-state index in [2.05, 4.69) is 26.6 Å². The van der Waals surface area contributed by atoms with Gasteiger partial charge in [-0.1, -0.05) is 34.1 Å². The number of rotatable bonds is 14. The molecule has 8 N–H and O–H groups in total. The molecule has 5 unspecified atom stereocenters. The van der Waals surface area contributed by atoms with Crippen molar-refractivity contribution < 1.29 is 33.9 Å². The summed E-state index contributed by atoms with van der Waals surface area (Å²) < 4.78 is 0. The molecule has 0 aliphatic rings. The van der Waals surface area contributed by atoms with Crippen LogP contribution in [0.5, 0.6) is 0 Å². The van der Waals surface area contributed by atoms with E-state index in [0.29, 0.717) is 6.42 Å². The van der Waals surface area contributed by atoms with Gasteiger partial charge in [-0.2, -0.15) is 0 Å². The van der Waals surface area contributed by atoms with Gasteiger partial charge in [0.15, 0.2) is 0 Å². The van der Waals surface area contributed by atoms with Gasteiger partial charge in [-0.3, -0.25) is 28.8 Å². The summed E-state index contributed by atoms with van der Waals surface area (Å²) in [5.74, 6) is -4.83. The fourth-order valence-electron chi connectivity index (χ4n) is 2.66. The smallest absolute Gasteiger partial charge is 0.325 e. The minimum atomic E-state index is -1.22. The SMILES string of the molecule is CCC(C)C(NC(=O)CNC(=O)C(NC(=O)C(C)N)C(C)C)C(=O)NCC(=O)NC(C)C(=O)O. The predicted octanol–water partition coefficient (Wildman–Crippen LogP) is -2.17. The van der Waals surface area contributed by atoms with Crippen molar-refractivity contribution in [2.75, 3.05) is 13.1 Å². The van der Waals surface area contributed by atoms with E-state index in [1.165, 1.54) is 13.8 Å². The summed E-state index contributed by atoms with van der Waals surface area (Å²) in [7, 11) is 0. The van der Waals surface area contributed by atoms with E-state index >= 15 is 0 Å². The Balaban J connectivity index is 4.95. The van der Waals surface area contributed by atoms with Crippen LogP contribution < -0.4 is 32.3 Å². The number of nitrogens with two attached hydrogens (primary N) is 1. The zero-order chi connectivity index (χ0) is 26.6. The lowest BCUT2D eigenvalue weighted by Gasteiger charge is -2.25. The van der Waals surface area contributed by atoms with E-state index in [0.717, 1.165) is 0 Å². The number of amides is 5. The van der Waals surface area contributed by atoms with Gasteiger partial charge >= 0.3 is 5.97 Å². The average molecular weight is 487 g/mol. The second-order valence-electron chi connectivity index (χ2n) is 8.51. The number of carboxylic acid groups (broad SMARTS) is 1. The summed E-state index contributed by atoms with van der Waals surface area (Å²) in [6, 6.07) is -3.81. The van der Waals surface area contributed by atoms with E-state index in [1.807, 2.05) is 6.92 Å². The maximum absolute atomic E-state index is 12.6. The van der Waals surface area contributed by atoms with Crippen LogP contribution in [0.2, 0.25) is 0 Å². The standard InChI is InChI=1S/C21H38N6O7/c1-7-11(4)17(20(32)24-8-14(28)25-13(6)21(33)34)26-15(29)9-23-19(31)16(10(2)3)27-18(30)12(5)22/h10-13,16-17H,7-9,22H2,1-6H3,(H,23,31)(H,24,32)(H,25,28)(H,26,29)(H,27,30)(H,33,34). The number of carbonyl (C=O) groups is 6. The molecule has 0 rings (SSSR count). The number of nitrogens with one attached hydrogen (secondary N) is 5. The molecule has 0 spiro atoms. The van der Waals surface area contributed by atoms with Gasteiger partial charge in [0, 0.05) is 0 Å². The minimum absolute atomic E-state index is 0.264. The van der Waals surface area contributed by atoms with E-state index in [4.69, 9.17) is 10.8 Å². The summed E-state index contributed by atoms with van der Waals surface area (Å²) in [5, 5.41) is 20.9. The Labute approximate surface area is 199 Å². The van der Waals surface area contributed by atoms with Gasteiger partial charge < -0.3 is 37.4 Å². The van der Waals surface area contributed by atoms with Crippen molar-refractivity contribution in [1.29, 1.82) is 0 Å². The first-order valence-corrected chi connectivity index (χ1v) is 11.1. The van der Waals surface area contributed by atoms with Gasteiger partial charge in [0.1, 0.15) is 18.1 Å². The highest BCUT2D eigenvalue weighted by atomic mass is 16.4. The van der Waals surface area contributed by atoms with Crippen LogP contribution in [-0.2, 0) is 28.8 Å². The fraction of sp³-hybridized carbons (Fsp3) is 0.714. The van der Waals surface area contributed by atoms with Crippen LogP contribution in [0.15, 0.2) is 0 Å². The molecule has 5 atom stereocenters. The van der Waals surface area contributed by atoms with Crippen molar-refractivity contribution in [2.45, 2.75) is 72.1 Å². The topological polar surface area (TPSA) is 209 Å². The van der Waals surface area contributed by atoms with E-state index < -0.39 is 72.8 Å². The Morgan fingerprint density at radius 1 is 0.735 bits per heavy atom. The first-order chi connectivity index (χ1) is 15.7. The van der Waals surface area contributed by atoms with Gasteiger partial charge in [-0.05, 0) is 25.7 Å². The van der Waals surface area contributed by atoms with Gasteiger partial charge in [-0.25, -0.2) is 0 Å². The van der Waals surface area contributed by atoms with Gasteiger partial charge in [0.25, 0.3) is 0 Å². The van der Waals surface area contributed by atoms with Crippen LogP contribution in [0.25, 0.3) is 0 Å². The molecule has 0 saturated heterocycles. The highest BCUT2D eigenvalue weighted by Crippen LogP contribution is 2.08. The van der Waals surface area contributed by atoms with Crippen molar-refractivity contribution in [1.82, 2.24) is 26.6 Å². The molecular formula is C21H38N6O7. The Morgan fingerprint density at radius 2 is 1.21 bits per heavy atom. The van der Waals surface area contributed by atoms with Crippen LogP contribution in [0.1, 0.15) is 48.0 Å². The molecule has 0 bridgehead atoms. The minimum Gasteiger partial charge on any atom is -0.480 e. The summed E-state index contributed by atoms with van der Waals surface area (Å²) in [6.07, 6.45) is 0.533. The molecule has 34 heavy (non-hydrogen) atoms. The highest BCUT2D eigenvalue weighted by Gasteiger charge is 2.28. The summed E-state index contributed by atoms with van der Waals surface area (Å²) >= 11 is 0. The normalized spacial score (nSPS) is 15.2. The summed E-state index contributed by atoms with van der Waals surface area (Å²) in [4.78, 5) is 71.8. The van der Waals surface area contributed by atoms with Crippen molar-refractivity contribution >= 4 is 35.5 Å². The van der Waals surface area contributed by atoms with E-state index in [-0.39, 0.29) is 11.8 Å². The molecule has 0 aliphatic carbocycles. The lowest BCUT2D eigenvalue weighted by molar-refractivity contribution is -0.141. The second kappa shape index (κ2) is 14.8. The number of carbonyl (C=O) groups excluding carboxylic acids is 5. The zero-order valence-corrected chi connectivity index (χ0v) is 20.6. The van der Waals surface area contributed by atoms with E-state index in [9.17, 15) is 28.8 Å². The molecular weight excluding hydrogens is 448 g/mol. The predicted molar refractivity (Wildman–Crippen MR) is 123 cm³/mol. The molecule has 5 amide bonds. The molecule has 194 valence electrons. The third kappa shape index (κ3) is 11.1. The van der Waals surface area contributed by atoms with Crippen LogP contribution >= 0.6 is 0 Å². The molecule has 0 radical (unpaired) electrons. The Kier molecular flexibility index (Phi) is 13.4. The van der Waals surface area contributed by atoms with Crippen LogP contribution in [0.3, 0.4) is 0 Å². The first-order valence-electron chi connectivity index (χ1n) is 11.1. The van der Waals surface area contributed by atoms with Crippen molar-refractivity contribution in [3.05, 3.63) is 0 Å². The van der Waals surface area contributed by atoms with Gasteiger partial charge in [0.05, 0.1) is 19.1 Å². The third-order valence-electron chi connectivity index (χ3n) is 5.07. The van der Waals surface area contributed by atoms with Crippen LogP contribution in [0.4, 0.5) is 0 Å². The second-order valence-corrected chi connectivity index (χ2v) is 8.51. The Bertz CT molecular complexity index is 756. The molecule has 0 saturated carbocycles. The lowest BCUT2D eigenvalue weighted by atomic mass is 9.98. The molecule has 13 nitrogen and oxygen atoms in total. The van der Waals surface area contributed by atoms with E-state index in [1.54, 1.807) is 20.8 Å². The Hall–Kier alpha value is -3.22. The molecule has 0 aromatic heterocycles. The molecule has 13 heteroatoms. The Morgan fingerprint density at radius 3 is 1.62 bits per heavy atom. The molecule has 0 heterocycles. The summed E-state index contributed by atoms with van der Waals surface area (Å²) in [6.45, 7) is 8.85. The number of hydrogen-bond donors (Lipinski definition) is 7. The monoisotopic (exact) mass is 486 g/mol. The number of hydrogen-bond acceptors (Lipinski definition) is 7. The molecule has 0 fully saturated rings. The largest absolute Gasteiger partial charge is 0.480 e. The maximum Gasteiger partial charge on any atom is 0.325 e. The lowest BCUT2D eigenvalue weighted by Crippen LogP contribution is -2.56. The van der Waals surface area contributed by atoms with Gasteiger partial charge in [-0.15, -0.1) is 0 Å².